The zero-order valence-corrected chi connectivity index (χ0v) is 16.9. The summed E-state index contributed by atoms with van der Waals surface area (Å²) in [5, 5.41) is 16.9. The van der Waals surface area contributed by atoms with Crippen molar-refractivity contribution in [2.45, 2.75) is 31.5 Å². The molecule has 2 aromatic heterocycles. The van der Waals surface area contributed by atoms with E-state index < -0.39 is 6.10 Å². The minimum atomic E-state index is -0.403. The Hall–Kier alpha value is -2.55. The summed E-state index contributed by atoms with van der Waals surface area (Å²) in [5.74, 6) is 1.55. The molecular formula is C21H24N6OS. The van der Waals surface area contributed by atoms with Gasteiger partial charge in [0.25, 0.3) is 0 Å². The number of fused-ring (bicyclic) bond motifs is 1. The molecule has 150 valence electrons. The first-order valence-electron chi connectivity index (χ1n) is 9.99. The molecule has 0 amide bonds. The Kier molecular flexibility index (Phi) is 5.13. The highest BCUT2D eigenvalue weighted by molar-refractivity contribution is 7.13. The molecule has 0 aliphatic carbocycles. The van der Waals surface area contributed by atoms with Gasteiger partial charge >= 0.3 is 0 Å². The number of aliphatic hydroxyl groups excluding tert-OH is 1. The summed E-state index contributed by atoms with van der Waals surface area (Å²) in [6.45, 7) is 3.38. The van der Waals surface area contributed by atoms with Crippen molar-refractivity contribution in [3.8, 4) is 0 Å². The lowest BCUT2D eigenvalue weighted by atomic mass is 9.94. The van der Waals surface area contributed by atoms with Crippen LogP contribution in [0, 0.1) is 0 Å². The average Bonchev–Trinajstić information content (AvgIpc) is 3.26. The van der Waals surface area contributed by atoms with Crippen LogP contribution >= 0.6 is 11.3 Å². The summed E-state index contributed by atoms with van der Waals surface area (Å²) >= 11 is 1.53. The van der Waals surface area contributed by atoms with Crippen molar-refractivity contribution < 1.29 is 5.11 Å². The number of hydrogen-bond donors (Lipinski definition) is 2. The van der Waals surface area contributed by atoms with Crippen LogP contribution in [0.2, 0.25) is 0 Å². The van der Waals surface area contributed by atoms with E-state index in [1.165, 1.54) is 22.5 Å². The quantitative estimate of drug-likeness (QED) is 0.687. The van der Waals surface area contributed by atoms with Crippen LogP contribution in [0.1, 0.15) is 17.5 Å². The lowest BCUT2D eigenvalue weighted by Crippen LogP contribution is -2.55. The SMILES string of the molecule is O[C@H]1CN(c2cc(Nc3nccs3)ncn2)CC[C@@H]1N1CCc2ccccc2C1. The lowest BCUT2D eigenvalue weighted by molar-refractivity contribution is 0.0293. The van der Waals surface area contributed by atoms with Crippen molar-refractivity contribution in [1.82, 2.24) is 19.9 Å². The number of benzene rings is 1. The number of thiazole rings is 1. The van der Waals surface area contributed by atoms with Crippen LogP contribution in [0.5, 0.6) is 0 Å². The van der Waals surface area contributed by atoms with Crippen molar-refractivity contribution in [3.63, 3.8) is 0 Å². The maximum absolute atomic E-state index is 10.9. The van der Waals surface area contributed by atoms with Gasteiger partial charge in [-0.15, -0.1) is 11.3 Å². The molecule has 29 heavy (non-hydrogen) atoms. The van der Waals surface area contributed by atoms with Gasteiger partial charge < -0.3 is 15.3 Å². The highest BCUT2D eigenvalue weighted by Crippen LogP contribution is 2.27. The number of aromatic nitrogens is 3. The molecule has 0 unspecified atom stereocenters. The lowest BCUT2D eigenvalue weighted by Gasteiger charge is -2.43. The fraction of sp³-hybridized carbons (Fsp3) is 0.381. The van der Waals surface area contributed by atoms with Crippen LogP contribution in [0.4, 0.5) is 16.8 Å². The maximum Gasteiger partial charge on any atom is 0.188 e. The van der Waals surface area contributed by atoms with E-state index in [4.69, 9.17) is 0 Å². The summed E-state index contributed by atoms with van der Waals surface area (Å²) in [6, 6.07) is 10.8. The second-order valence-electron chi connectivity index (χ2n) is 7.58. The first kappa shape index (κ1) is 18.5. The van der Waals surface area contributed by atoms with E-state index in [0.29, 0.717) is 12.4 Å². The Bertz CT molecular complexity index is 965. The number of piperidine rings is 1. The van der Waals surface area contributed by atoms with Crippen molar-refractivity contribution in [1.29, 1.82) is 0 Å². The van der Waals surface area contributed by atoms with Gasteiger partial charge in [-0.05, 0) is 24.0 Å². The van der Waals surface area contributed by atoms with Gasteiger partial charge in [0.1, 0.15) is 18.0 Å². The molecule has 7 nitrogen and oxygen atoms in total. The Labute approximate surface area is 174 Å². The maximum atomic E-state index is 10.9. The molecule has 0 saturated carbocycles. The first-order valence-corrected chi connectivity index (χ1v) is 10.9. The first-order chi connectivity index (χ1) is 14.3. The molecule has 0 spiro atoms. The molecule has 3 aromatic rings. The van der Waals surface area contributed by atoms with Gasteiger partial charge in [-0.25, -0.2) is 15.0 Å². The Balaban J connectivity index is 1.25. The topological polar surface area (TPSA) is 77.4 Å². The van der Waals surface area contributed by atoms with Crippen molar-refractivity contribution in [2.24, 2.45) is 0 Å². The standard InChI is InChI=1S/C21H24N6OS/c28-18-13-27(20-11-19(23-14-24-20)25-21-22-7-10-29-21)9-6-17(18)26-8-5-15-3-1-2-4-16(15)12-26/h1-4,7,10-11,14,17-18,28H,5-6,8-9,12-13H2,(H,22,23,24,25)/t17-,18-/m0/s1. The van der Waals surface area contributed by atoms with Crippen LogP contribution in [0.25, 0.3) is 0 Å². The number of hydrogen-bond acceptors (Lipinski definition) is 8. The van der Waals surface area contributed by atoms with Crippen LogP contribution in [0.3, 0.4) is 0 Å². The number of anilines is 3. The average molecular weight is 409 g/mol. The number of nitrogens with one attached hydrogen (secondary N) is 1. The fourth-order valence-electron chi connectivity index (χ4n) is 4.34. The van der Waals surface area contributed by atoms with Gasteiger partial charge in [-0.2, -0.15) is 0 Å². The van der Waals surface area contributed by atoms with Crippen molar-refractivity contribution in [3.05, 3.63) is 59.4 Å². The molecule has 5 rings (SSSR count). The van der Waals surface area contributed by atoms with Gasteiger partial charge in [0.2, 0.25) is 0 Å². The Morgan fingerprint density at radius 1 is 1.10 bits per heavy atom. The molecule has 2 aliphatic heterocycles. The van der Waals surface area contributed by atoms with E-state index in [2.05, 4.69) is 54.3 Å². The highest BCUT2D eigenvalue weighted by Gasteiger charge is 2.34. The second kappa shape index (κ2) is 8.06. The summed E-state index contributed by atoms with van der Waals surface area (Å²) in [5.41, 5.74) is 2.83. The minimum Gasteiger partial charge on any atom is -0.390 e. The molecule has 1 fully saturated rings. The van der Waals surface area contributed by atoms with Gasteiger partial charge in [-0.1, -0.05) is 24.3 Å². The molecular weight excluding hydrogens is 384 g/mol. The largest absolute Gasteiger partial charge is 0.390 e. The molecule has 2 N–H and O–H groups in total. The molecule has 2 atom stereocenters. The normalized spacial score (nSPS) is 22.3. The zero-order valence-electron chi connectivity index (χ0n) is 16.1. The number of nitrogens with zero attached hydrogens (tertiary/aromatic N) is 5. The number of rotatable bonds is 4. The van der Waals surface area contributed by atoms with Crippen LogP contribution in [-0.2, 0) is 13.0 Å². The van der Waals surface area contributed by atoms with Crippen LogP contribution in [0.15, 0.2) is 48.2 Å². The zero-order chi connectivity index (χ0) is 19.6. The molecule has 1 aromatic carbocycles. The van der Waals surface area contributed by atoms with E-state index in [9.17, 15) is 5.11 Å². The summed E-state index contributed by atoms with van der Waals surface area (Å²) in [7, 11) is 0. The third kappa shape index (κ3) is 3.96. The molecule has 0 bridgehead atoms. The van der Waals surface area contributed by atoms with E-state index in [0.717, 1.165) is 43.4 Å². The van der Waals surface area contributed by atoms with Crippen molar-refractivity contribution in [2.75, 3.05) is 29.9 Å². The number of aliphatic hydroxyl groups is 1. The monoisotopic (exact) mass is 408 g/mol. The van der Waals surface area contributed by atoms with Gasteiger partial charge in [0, 0.05) is 49.9 Å². The van der Waals surface area contributed by atoms with E-state index in [-0.39, 0.29) is 6.04 Å². The third-order valence-electron chi connectivity index (χ3n) is 5.82. The summed E-state index contributed by atoms with van der Waals surface area (Å²) < 4.78 is 0. The molecule has 0 radical (unpaired) electrons. The molecule has 4 heterocycles. The van der Waals surface area contributed by atoms with Gasteiger partial charge in [-0.3, -0.25) is 4.90 Å². The van der Waals surface area contributed by atoms with Crippen LogP contribution < -0.4 is 10.2 Å². The van der Waals surface area contributed by atoms with E-state index in [1.54, 1.807) is 12.5 Å². The smallest absolute Gasteiger partial charge is 0.188 e. The second-order valence-corrected chi connectivity index (χ2v) is 8.48. The van der Waals surface area contributed by atoms with Gasteiger partial charge in [0.05, 0.1) is 6.10 Å². The Morgan fingerprint density at radius 2 is 2.00 bits per heavy atom. The van der Waals surface area contributed by atoms with E-state index >= 15 is 0 Å². The van der Waals surface area contributed by atoms with Crippen LogP contribution in [-0.4, -0.2) is 56.7 Å². The van der Waals surface area contributed by atoms with Gasteiger partial charge in [0.15, 0.2) is 5.13 Å². The summed E-state index contributed by atoms with van der Waals surface area (Å²) in [6.07, 6.45) is 4.89. The van der Waals surface area contributed by atoms with Crippen molar-refractivity contribution >= 4 is 28.1 Å². The molecule has 1 saturated heterocycles. The predicted molar refractivity (Wildman–Crippen MR) is 115 cm³/mol. The summed E-state index contributed by atoms with van der Waals surface area (Å²) in [4.78, 5) is 17.5. The molecule has 8 heteroatoms. The predicted octanol–water partition coefficient (Wildman–Crippen LogP) is 2.67. The fourth-order valence-corrected chi connectivity index (χ4v) is 4.87. The highest BCUT2D eigenvalue weighted by atomic mass is 32.1. The third-order valence-corrected chi connectivity index (χ3v) is 6.51. The van der Waals surface area contributed by atoms with E-state index in [1.807, 2.05) is 11.4 Å². The Morgan fingerprint density at radius 3 is 2.83 bits per heavy atom. The molecule has 2 aliphatic rings. The minimum absolute atomic E-state index is 0.189. The number of β-amino-alcohol motifs (C(OH)–C–C–N with tert-alkyl or cyclic N) is 1.